The van der Waals surface area contributed by atoms with Crippen molar-refractivity contribution < 1.29 is 19.4 Å². The van der Waals surface area contributed by atoms with Crippen LogP contribution in [-0.2, 0) is 14.3 Å². The highest BCUT2D eigenvalue weighted by Gasteiger charge is 2.24. The zero-order valence-electron chi connectivity index (χ0n) is 9.47. The molecular weight excluding hydrogens is 208 g/mol. The fraction of sp³-hybridized carbons (Fsp3) is 0.417. The van der Waals surface area contributed by atoms with Crippen LogP contribution in [0.25, 0.3) is 0 Å². The number of carbonyl (C=O) groups is 1. The van der Waals surface area contributed by atoms with Gasteiger partial charge in [0, 0.05) is 12.2 Å². The van der Waals surface area contributed by atoms with Gasteiger partial charge in [-0.1, -0.05) is 18.2 Å². The van der Waals surface area contributed by atoms with Crippen molar-refractivity contribution in [1.29, 1.82) is 0 Å². The smallest absolute Gasteiger partial charge is 0.340 e. The number of hydrogen-bond donors (Lipinski definition) is 1. The first-order valence-electron chi connectivity index (χ1n) is 5.26. The predicted molar refractivity (Wildman–Crippen MR) is 59.1 cm³/mol. The Hall–Kier alpha value is -1.55. The topological polar surface area (TPSA) is 55.8 Å². The van der Waals surface area contributed by atoms with E-state index in [1.807, 2.05) is 0 Å². The largest absolute Gasteiger partial charge is 0.508 e. The van der Waals surface area contributed by atoms with Crippen molar-refractivity contribution in [2.45, 2.75) is 20.0 Å². The average Bonchev–Trinajstić information content (AvgIpc) is 2.27. The van der Waals surface area contributed by atoms with E-state index in [1.54, 1.807) is 32.0 Å². The van der Waals surface area contributed by atoms with Crippen LogP contribution in [-0.4, -0.2) is 24.3 Å². The van der Waals surface area contributed by atoms with Crippen molar-refractivity contribution in [3.8, 4) is 5.75 Å². The van der Waals surface area contributed by atoms with Crippen molar-refractivity contribution in [3.05, 3.63) is 29.8 Å². The number of rotatable bonds is 5. The minimum atomic E-state index is -0.855. The lowest BCUT2D eigenvalue weighted by Crippen LogP contribution is -2.19. The van der Waals surface area contributed by atoms with Crippen LogP contribution < -0.4 is 0 Å². The van der Waals surface area contributed by atoms with E-state index < -0.39 is 12.1 Å². The summed E-state index contributed by atoms with van der Waals surface area (Å²) in [5, 5.41) is 9.64. The molecule has 0 spiro atoms. The lowest BCUT2D eigenvalue weighted by molar-refractivity contribution is -0.157. The lowest BCUT2D eigenvalue weighted by atomic mass is 10.1. The zero-order valence-corrected chi connectivity index (χ0v) is 9.47. The third-order valence-electron chi connectivity index (χ3n) is 2.05. The van der Waals surface area contributed by atoms with E-state index in [0.717, 1.165) is 0 Å². The monoisotopic (exact) mass is 224 g/mol. The Morgan fingerprint density at radius 3 is 2.56 bits per heavy atom. The molecular formula is C12H16O4. The Bertz CT molecular complexity index is 349. The second kappa shape index (κ2) is 6.12. The molecule has 1 aromatic rings. The fourth-order valence-electron chi connectivity index (χ4n) is 1.38. The third-order valence-corrected chi connectivity index (χ3v) is 2.05. The van der Waals surface area contributed by atoms with Crippen molar-refractivity contribution in [3.63, 3.8) is 0 Å². The van der Waals surface area contributed by atoms with Gasteiger partial charge in [-0.3, -0.25) is 0 Å². The Morgan fingerprint density at radius 1 is 1.31 bits per heavy atom. The zero-order chi connectivity index (χ0) is 12.0. The van der Waals surface area contributed by atoms with E-state index in [0.29, 0.717) is 12.2 Å². The highest BCUT2D eigenvalue weighted by atomic mass is 16.6. The summed E-state index contributed by atoms with van der Waals surface area (Å²) < 4.78 is 10.2. The van der Waals surface area contributed by atoms with E-state index in [-0.39, 0.29) is 12.4 Å². The molecule has 1 rings (SSSR count). The maximum absolute atomic E-state index is 11.6. The van der Waals surface area contributed by atoms with Gasteiger partial charge in [0.2, 0.25) is 0 Å². The summed E-state index contributed by atoms with van der Waals surface area (Å²) in [4.78, 5) is 11.6. The molecule has 0 bridgehead atoms. The molecule has 0 radical (unpaired) electrons. The minimum Gasteiger partial charge on any atom is -0.508 e. The molecule has 0 heterocycles. The number of benzene rings is 1. The normalized spacial score (nSPS) is 12.1. The Kier molecular flexibility index (Phi) is 4.79. The molecule has 88 valence electrons. The standard InChI is InChI=1S/C12H16O4/c1-3-15-11(12(14)16-4-2)9-7-5-6-8-10(9)13/h5-8,11,13H,3-4H2,1-2H3. The van der Waals surface area contributed by atoms with Gasteiger partial charge < -0.3 is 14.6 Å². The van der Waals surface area contributed by atoms with Crippen LogP contribution in [0.3, 0.4) is 0 Å². The number of hydrogen-bond acceptors (Lipinski definition) is 4. The Labute approximate surface area is 94.8 Å². The fourth-order valence-corrected chi connectivity index (χ4v) is 1.38. The van der Waals surface area contributed by atoms with Gasteiger partial charge in [0.15, 0.2) is 6.10 Å². The maximum Gasteiger partial charge on any atom is 0.340 e. The van der Waals surface area contributed by atoms with Gasteiger partial charge in [-0.15, -0.1) is 0 Å². The number of phenols is 1. The molecule has 1 aromatic carbocycles. The number of para-hydroxylation sites is 1. The molecule has 0 saturated carbocycles. The number of phenolic OH excluding ortho intramolecular Hbond substituents is 1. The summed E-state index contributed by atoms with van der Waals surface area (Å²) in [7, 11) is 0. The molecule has 0 saturated heterocycles. The first kappa shape index (κ1) is 12.5. The van der Waals surface area contributed by atoms with E-state index in [9.17, 15) is 9.90 Å². The van der Waals surface area contributed by atoms with Crippen molar-refractivity contribution in [2.24, 2.45) is 0 Å². The summed E-state index contributed by atoms with van der Waals surface area (Å²) in [5.74, 6) is -0.445. The summed E-state index contributed by atoms with van der Waals surface area (Å²) in [6.07, 6.45) is -0.855. The number of aromatic hydroxyl groups is 1. The summed E-state index contributed by atoms with van der Waals surface area (Å²) >= 11 is 0. The first-order chi connectivity index (χ1) is 7.70. The number of esters is 1. The summed E-state index contributed by atoms with van der Waals surface area (Å²) in [6, 6.07) is 6.58. The van der Waals surface area contributed by atoms with Crippen LogP contribution in [0.15, 0.2) is 24.3 Å². The van der Waals surface area contributed by atoms with Gasteiger partial charge in [-0.2, -0.15) is 0 Å². The van der Waals surface area contributed by atoms with Gasteiger partial charge in [0.1, 0.15) is 5.75 Å². The average molecular weight is 224 g/mol. The molecule has 0 aliphatic rings. The predicted octanol–water partition coefficient (Wildman–Crippen LogP) is 2.03. The number of ether oxygens (including phenoxy) is 2. The number of carbonyl (C=O) groups excluding carboxylic acids is 1. The SMILES string of the molecule is CCOC(=O)C(OCC)c1ccccc1O. The molecule has 4 nitrogen and oxygen atoms in total. The van der Waals surface area contributed by atoms with Crippen LogP contribution in [0.1, 0.15) is 25.5 Å². The van der Waals surface area contributed by atoms with Crippen molar-refractivity contribution in [1.82, 2.24) is 0 Å². The maximum atomic E-state index is 11.6. The van der Waals surface area contributed by atoms with Crippen LogP contribution in [0.5, 0.6) is 5.75 Å². The van der Waals surface area contributed by atoms with Crippen LogP contribution in [0.2, 0.25) is 0 Å². The third kappa shape index (κ3) is 2.97. The minimum absolute atomic E-state index is 0.0361. The second-order valence-corrected chi connectivity index (χ2v) is 3.15. The molecule has 0 fully saturated rings. The molecule has 0 aliphatic heterocycles. The molecule has 1 atom stereocenters. The highest BCUT2D eigenvalue weighted by Crippen LogP contribution is 2.27. The molecule has 0 amide bonds. The van der Waals surface area contributed by atoms with Gasteiger partial charge in [0.05, 0.1) is 6.61 Å². The van der Waals surface area contributed by atoms with Crippen LogP contribution in [0.4, 0.5) is 0 Å². The lowest BCUT2D eigenvalue weighted by Gasteiger charge is -2.16. The molecule has 0 aromatic heterocycles. The van der Waals surface area contributed by atoms with Crippen LogP contribution >= 0.6 is 0 Å². The summed E-state index contributed by atoms with van der Waals surface area (Å²) in [5.41, 5.74) is 0.433. The Balaban J connectivity index is 2.93. The van der Waals surface area contributed by atoms with Gasteiger partial charge >= 0.3 is 5.97 Å². The first-order valence-corrected chi connectivity index (χ1v) is 5.26. The van der Waals surface area contributed by atoms with E-state index in [1.165, 1.54) is 6.07 Å². The summed E-state index contributed by atoms with van der Waals surface area (Å²) in [6.45, 7) is 4.17. The molecule has 1 unspecified atom stereocenters. The Morgan fingerprint density at radius 2 is 2.00 bits per heavy atom. The quantitative estimate of drug-likeness (QED) is 0.777. The van der Waals surface area contributed by atoms with Gasteiger partial charge in [-0.25, -0.2) is 4.79 Å². The van der Waals surface area contributed by atoms with Crippen molar-refractivity contribution >= 4 is 5.97 Å². The van der Waals surface area contributed by atoms with E-state index >= 15 is 0 Å². The van der Waals surface area contributed by atoms with E-state index in [2.05, 4.69) is 0 Å². The van der Waals surface area contributed by atoms with Crippen LogP contribution in [0, 0.1) is 0 Å². The molecule has 0 aliphatic carbocycles. The van der Waals surface area contributed by atoms with E-state index in [4.69, 9.17) is 9.47 Å². The highest BCUT2D eigenvalue weighted by molar-refractivity contribution is 5.77. The second-order valence-electron chi connectivity index (χ2n) is 3.15. The molecule has 16 heavy (non-hydrogen) atoms. The molecule has 1 N–H and O–H groups in total. The van der Waals surface area contributed by atoms with Gasteiger partial charge in [0.25, 0.3) is 0 Å². The van der Waals surface area contributed by atoms with Gasteiger partial charge in [-0.05, 0) is 19.9 Å². The molecule has 4 heteroatoms. The van der Waals surface area contributed by atoms with Crippen molar-refractivity contribution in [2.75, 3.05) is 13.2 Å².